The van der Waals surface area contributed by atoms with Gasteiger partial charge in [-0.2, -0.15) is 5.10 Å². The van der Waals surface area contributed by atoms with Gasteiger partial charge >= 0.3 is 0 Å². The molecule has 3 heterocycles. The predicted molar refractivity (Wildman–Crippen MR) is 120 cm³/mol. The molecule has 8 nitrogen and oxygen atoms in total. The molecule has 1 aliphatic heterocycles. The molecule has 0 bridgehead atoms. The van der Waals surface area contributed by atoms with Crippen LogP contribution in [0, 0.1) is 0 Å². The summed E-state index contributed by atoms with van der Waals surface area (Å²) in [7, 11) is -3.28. The lowest BCUT2D eigenvalue weighted by molar-refractivity contribution is -0.119. The minimum absolute atomic E-state index is 0.0136. The molecular formula is C23H22N4O4S. The van der Waals surface area contributed by atoms with Gasteiger partial charge in [0.15, 0.2) is 9.84 Å². The van der Waals surface area contributed by atoms with E-state index in [1.165, 1.54) is 0 Å². The van der Waals surface area contributed by atoms with Crippen LogP contribution in [-0.2, 0) is 14.6 Å². The Morgan fingerprint density at radius 2 is 1.81 bits per heavy atom. The Balaban J connectivity index is 1.54. The van der Waals surface area contributed by atoms with E-state index in [0.29, 0.717) is 47.4 Å². The molecule has 32 heavy (non-hydrogen) atoms. The first kappa shape index (κ1) is 20.4. The van der Waals surface area contributed by atoms with Crippen molar-refractivity contribution in [3.8, 4) is 11.1 Å². The van der Waals surface area contributed by atoms with Gasteiger partial charge in [-0.1, -0.05) is 18.2 Å². The Labute approximate surface area is 184 Å². The zero-order valence-electron chi connectivity index (χ0n) is 17.2. The van der Waals surface area contributed by atoms with E-state index in [1.54, 1.807) is 48.8 Å². The van der Waals surface area contributed by atoms with Crippen molar-refractivity contribution in [3.05, 3.63) is 76.5 Å². The van der Waals surface area contributed by atoms with E-state index in [2.05, 4.69) is 20.5 Å². The number of carbonyl (C=O) groups is 1. The highest BCUT2D eigenvalue weighted by Crippen LogP contribution is 2.34. The standard InChI is InChI=1S/C23H22N4O4S/c28-22-10-3-16(26-22)11-20(14-1-4-17(5-2-14)32(30,31)18-6-7-18)21-9-8-19(23(29)27-21)15-12-24-25-13-15/h1-2,4-5,8-9,11-13,16,18H,3,6-7,10H2,(H,24,25)(H,26,28)(H,27,29)/b20-11+/t16-/m1/s1. The largest absolute Gasteiger partial charge is 0.350 e. The third kappa shape index (κ3) is 3.91. The fraction of sp³-hybridized carbons (Fsp3) is 0.261. The summed E-state index contributed by atoms with van der Waals surface area (Å²) in [6.07, 6.45) is 7.67. The molecule has 2 aliphatic rings. The predicted octanol–water partition coefficient (Wildman–Crippen LogP) is 2.41. The number of amides is 1. The number of nitrogens with one attached hydrogen (secondary N) is 3. The molecule has 1 atom stereocenters. The van der Waals surface area contributed by atoms with Crippen molar-refractivity contribution in [2.24, 2.45) is 0 Å². The molecule has 5 rings (SSSR count). The summed E-state index contributed by atoms with van der Waals surface area (Å²) in [4.78, 5) is 27.7. The number of benzene rings is 1. The molecule has 1 saturated carbocycles. The maximum absolute atomic E-state index is 12.8. The molecular weight excluding hydrogens is 428 g/mol. The number of pyridine rings is 1. The van der Waals surface area contributed by atoms with E-state index in [0.717, 1.165) is 11.1 Å². The molecule has 1 saturated heterocycles. The number of nitrogens with zero attached hydrogens (tertiary/aromatic N) is 1. The number of aromatic amines is 2. The lowest BCUT2D eigenvalue weighted by Gasteiger charge is -2.13. The van der Waals surface area contributed by atoms with Crippen LogP contribution in [0.5, 0.6) is 0 Å². The number of rotatable bonds is 6. The van der Waals surface area contributed by atoms with Crippen molar-refractivity contribution in [1.29, 1.82) is 0 Å². The first-order valence-corrected chi connectivity index (χ1v) is 12.0. The normalized spacial score (nSPS) is 19.2. The van der Waals surface area contributed by atoms with Crippen molar-refractivity contribution >= 4 is 21.3 Å². The van der Waals surface area contributed by atoms with Crippen LogP contribution in [0.1, 0.15) is 36.9 Å². The minimum Gasteiger partial charge on any atom is -0.350 e. The SMILES string of the molecule is O=C1CC[C@H](/C=C(\c2ccc(S(=O)(=O)C3CC3)cc2)c2ccc(-c3cn[nH]c3)c(=O)[nH]2)N1. The van der Waals surface area contributed by atoms with Crippen molar-refractivity contribution in [2.45, 2.75) is 41.9 Å². The zero-order chi connectivity index (χ0) is 22.3. The summed E-state index contributed by atoms with van der Waals surface area (Å²) in [6.45, 7) is 0. The van der Waals surface area contributed by atoms with Crippen LogP contribution in [-0.4, -0.2) is 40.8 Å². The summed E-state index contributed by atoms with van der Waals surface area (Å²) < 4.78 is 25.1. The first-order chi connectivity index (χ1) is 15.4. The van der Waals surface area contributed by atoms with Crippen LogP contribution in [0.4, 0.5) is 0 Å². The Morgan fingerprint density at radius 3 is 2.41 bits per heavy atom. The third-order valence-corrected chi connectivity index (χ3v) is 8.14. The molecule has 0 unspecified atom stereocenters. The molecule has 9 heteroatoms. The second kappa shape index (κ2) is 7.90. The lowest BCUT2D eigenvalue weighted by Crippen LogP contribution is -2.23. The smallest absolute Gasteiger partial charge is 0.256 e. The zero-order valence-corrected chi connectivity index (χ0v) is 18.0. The van der Waals surface area contributed by atoms with E-state index >= 15 is 0 Å². The lowest BCUT2D eigenvalue weighted by atomic mass is 9.98. The van der Waals surface area contributed by atoms with Gasteiger partial charge in [0, 0.05) is 35.5 Å². The number of aromatic nitrogens is 3. The van der Waals surface area contributed by atoms with Crippen molar-refractivity contribution < 1.29 is 13.2 Å². The fourth-order valence-corrected chi connectivity index (χ4v) is 5.61. The van der Waals surface area contributed by atoms with Crippen molar-refractivity contribution in [1.82, 2.24) is 20.5 Å². The fourth-order valence-electron chi connectivity index (χ4n) is 3.96. The van der Waals surface area contributed by atoms with Gasteiger partial charge in [-0.05, 0) is 49.1 Å². The average molecular weight is 451 g/mol. The Morgan fingerprint density at radius 1 is 1.03 bits per heavy atom. The second-order valence-corrected chi connectivity index (χ2v) is 10.4. The molecule has 2 fully saturated rings. The summed E-state index contributed by atoms with van der Waals surface area (Å²) in [6, 6.07) is 10.1. The monoisotopic (exact) mass is 450 g/mol. The van der Waals surface area contributed by atoms with Crippen molar-refractivity contribution in [2.75, 3.05) is 0 Å². The van der Waals surface area contributed by atoms with Gasteiger partial charge < -0.3 is 10.3 Å². The Hall–Kier alpha value is -3.46. The topological polar surface area (TPSA) is 125 Å². The molecule has 3 aromatic rings. The van der Waals surface area contributed by atoms with Crippen LogP contribution >= 0.6 is 0 Å². The Kier molecular flexibility index (Phi) is 5.05. The number of carbonyl (C=O) groups excluding carboxylic acids is 1. The van der Waals surface area contributed by atoms with Crippen LogP contribution in [0.25, 0.3) is 16.7 Å². The summed E-state index contributed by atoms with van der Waals surface area (Å²) in [5, 5.41) is 9.23. The third-order valence-electron chi connectivity index (χ3n) is 5.86. The molecule has 0 radical (unpaired) electrons. The average Bonchev–Trinajstić information content (AvgIpc) is 3.37. The van der Waals surface area contributed by atoms with E-state index in [9.17, 15) is 18.0 Å². The molecule has 0 spiro atoms. The van der Waals surface area contributed by atoms with Gasteiger partial charge in [-0.15, -0.1) is 0 Å². The van der Waals surface area contributed by atoms with E-state index in [4.69, 9.17) is 0 Å². The van der Waals surface area contributed by atoms with Crippen LogP contribution in [0.2, 0.25) is 0 Å². The van der Waals surface area contributed by atoms with Gasteiger partial charge in [0.05, 0.1) is 21.9 Å². The van der Waals surface area contributed by atoms with Gasteiger partial charge in [0.2, 0.25) is 5.91 Å². The highest BCUT2D eigenvalue weighted by Gasteiger charge is 2.36. The molecule has 1 aromatic carbocycles. The van der Waals surface area contributed by atoms with E-state index < -0.39 is 9.84 Å². The summed E-state index contributed by atoms with van der Waals surface area (Å²) in [5.41, 5.74) is 2.97. The van der Waals surface area contributed by atoms with Gasteiger partial charge in [0.25, 0.3) is 5.56 Å². The molecule has 1 aliphatic carbocycles. The minimum atomic E-state index is -3.28. The highest BCUT2D eigenvalue weighted by molar-refractivity contribution is 7.92. The maximum Gasteiger partial charge on any atom is 0.256 e. The second-order valence-electron chi connectivity index (χ2n) is 8.16. The van der Waals surface area contributed by atoms with E-state index in [1.807, 2.05) is 6.08 Å². The molecule has 3 N–H and O–H groups in total. The van der Waals surface area contributed by atoms with Gasteiger partial charge in [0.1, 0.15) is 0 Å². The number of sulfone groups is 1. The van der Waals surface area contributed by atoms with Gasteiger partial charge in [-0.3, -0.25) is 14.7 Å². The summed E-state index contributed by atoms with van der Waals surface area (Å²) in [5.74, 6) is -0.0136. The summed E-state index contributed by atoms with van der Waals surface area (Å²) >= 11 is 0. The van der Waals surface area contributed by atoms with Crippen LogP contribution in [0.15, 0.2) is 64.6 Å². The number of hydrogen-bond acceptors (Lipinski definition) is 5. The molecule has 2 aromatic heterocycles. The first-order valence-electron chi connectivity index (χ1n) is 10.5. The number of hydrogen-bond donors (Lipinski definition) is 3. The molecule has 164 valence electrons. The van der Waals surface area contributed by atoms with E-state index in [-0.39, 0.29) is 22.8 Å². The van der Waals surface area contributed by atoms with Gasteiger partial charge in [-0.25, -0.2) is 8.42 Å². The van der Waals surface area contributed by atoms with Crippen molar-refractivity contribution in [3.63, 3.8) is 0 Å². The number of H-pyrrole nitrogens is 2. The Bertz CT molecular complexity index is 1350. The van der Waals surface area contributed by atoms with Crippen LogP contribution < -0.4 is 10.9 Å². The quantitative estimate of drug-likeness (QED) is 0.532. The maximum atomic E-state index is 12.8. The molecule has 1 amide bonds. The highest BCUT2D eigenvalue weighted by atomic mass is 32.2. The van der Waals surface area contributed by atoms with Crippen LogP contribution in [0.3, 0.4) is 0 Å².